The van der Waals surface area contributed by atoms with Crippen molar-refractivity contribution in [3.63, 3.8) is 0 Å². The SMILES string of the molecule is C=C1C(=O)N=C(SCC(=O)Nc2cc(C)on2)N=C1C. The molecule has 0 bridgehead atoms. The van der Waals surface area contributed by atoms with Crippen molar-refractivity contribution in [2.24, 2.45) is 9.98 Å². The number of amides is 2. The maximum absolute atomic E-state index is 11.7. The Balaban J connectivity index is 1.89. The quantitative estimate of drug-likeness (QED) is 0.853. The largest absolute Gasteiger partial charge is 0.360 e. The van der Waals surface area contributed by atoms with Crippen LogP contribution in [0.1, 0.15) is 12.7 Å². The Labute approximate surface area is 119 Å². The number of hydrogen-bond acceptors (Lipinski definition) is 6. The molecule has 7 nitrogen and oxygen atoms in total. The first-order valence-electron chi connectivity index (χ1n) is 5.69. The number of aromatic nitrogens is 1. The minimum atomic E-state index is -0.424. The van der Waals surface area contributed by atoms with Gasteiger partial charge in [0.1, 0.15) is 5.76 Å². The Morgan fingerprint density at radius 2 is 2.20 bits per heavy atom. The number of carbonyl (C=O) groups excluding carboxylic acids is 2. The summed E-state index contributed by atoms with van der Waals surface area (Å²) in [5, 5.41) is 6.46. The molecule has 8 heteroatoms. The fourth-order valence-electron chi connectivity index (χ4n) is 1.34. The van der Waals surface area contributed by atoms with Crippen LogP contribution in [-0.4, -0.2) is 33.6 Å². The molecule has 0 saturated carbocycles. The van der Waals surface area contributed by atoms with Crippen LogP contribution in [0.4, 0.5) is 5.82 Å². The van der Waals surface area contributed by atoms with E-state index in [0.29, 0.717) is 17.3 Å². The summed E-state index contributed by atoms with van der Waals surface area (Å²) in [5.74, 6) is 0.321. The van der Waals surface area contributed by atoms with Gasteiger partial charge in [-0.05, 0) is 13.8 Å². The van der Waals surface area contributed by atoms with E-state index < -0.39 is 5.91 Å². The number of anilines is 1. The zero-order valence-corrected chi connectivity index (χ0v) is 11.8. The number of carbonyl (C=O) groups is 2. The fourth-order valence-corrected chi connectivity index (χ4v) is 2.03. The maximum Gasteiger partial charge on any atom is 0.280 e. The van der Waals surface area contributed by atoms with Crippen LogP contribution in [0.15, 0.2) is 32.7 Å². The lowest BCUT2D eigenvalue weighted by Gasteiger charge is -2.09. The first-order valence-corrected chi connectivity index (χ1v) is 6.68. The lowest BCUT2D eigenvalue weighted by Crippen LogP contribution is -2.18. The lowest BCUT2D eigenvalue weighted by molar-refractivity contribution is -0.114. The zero-order valence-electron chi connectivity index (χ0n) is 11.0. The summed E-state index contributed by atoms with van der Waals surface area (Å²) in [4.78, 5) is 30.9. The van der Waals surface area contributed by atoms with Crippen molar-refractivity contribution >= 4 is 40.3 Å². The molecule has 1 aromatic rings. The molecule has 0 aromatic carbocycles. The van der Waals surface area contributed by atoms with E-state index in [0.717, 1.165) is 11.8 Å². The summed E-state index contributed by atoms with van der Waals surface area (Å²) in [6.07, 6.45) is 0. The Morgan fingerprint density at radius 3 is 2.80 bits per heavy atom. The van der Waals surface area contributed by atoms with Crippen molar-refractivity contribution in [3.8, 4) is 0 Å². The van der Waals surface area contributed by atoms with Gasteiger partial charge in [-0.15, -0.1) is 0 Å². The summed E-state index contributed by atoms with van der Waals surface area (Å²) in [6.45, 7) is 6.97. The Hall–Kier alpha value is -2.22. The van der Waals surface area contributed by atoms with Gasteiger partial charge >= 0.3 is 0 Å². The molecule has 0 aliphatic carbocycles. The molecule has 0 spiro atoms. The van der Waals surface area contributed by atoms with Crippen LogP contribution in [-0.2, 0) is 9.59 Å². The minimum absolute atomic E-state index is 0.0707. The Morgan fingerprint density at radius 1 is 1.45 bits per heavy atom. The van der Waals surface area contributed by atoms with Crippen LogP contribution in [0, 0.1) is 6.92 Å². The molecule has 0 unspecified atom stereocenters. The van der Waals surface area contributed by atoms with Gasteiger partial charge in [-0.3, -0.25) is 9.59 Å². The van der Waals surface area contributed by atoms with E-state index in [1.165, 1.54) is 0 Å². The maximum atomic E-state index is 11.7. The van der Waals surface area contributed by atoms with Gasteiger partial charge in [0.25, 0.3) is 5.91 Å². The smallest absolute Gasteiger partial charge is 0.280 e. The van der Waals surface area contributed by atoms with Crippen LogP contribution in [0.2, 0.25) is 0 Å². The molecule has 104 valence electrons. The standard InChI is InChI=1S/C12H12N4O3S/c1-6-4-9(16-19-6)14-10(17)5-20-12-13-8(3)7(2)11(18)15-12/h4H,2,5H2,1,3H3,(H,14,16,17). The number of nitrogens with one attached hydrogen (secondary N) is 1. The molecule has 20 heavy (non-hydrogen) atoms. The first-order chi connectivity index (χ1) is 9.45. The van der Waals surface area contributed by atoms with Gasteiger partial charge < -0.3 is 9.84 Å². The highest BCUT2D eigenvalue weighted by Crippen LogP contribution is 2.15. The average Bonchev–Trinajstić information content (AvgIpc) is 2.78. The van der Waals surface area contributed by atoms with Crippen molar-refractivity contribution in [3.05, 3.63) is 24.0 Å². The van der Waals surface area contributed by atoms with Gasteiger partial charge in [-0.1, -0.05) is 23.5 Å². The van der Waals surface area contributed by atoms with Gasteiger partial charge in [0, 0.05) is 6.07 Å². The van der Waals surface area contributed by atoms with Crippen LogP contribution in [0.3, 0.4) is 0 Å². The molecular weight excluding hydrogens is 280 g/mol. The number of aliphatic imine (C=N–C) groups is 2. The molecule has 0 atom stereocenters. The van der Waals surface area contributed by atoms with E-state index in [4.69, 9.17) is 4.52 Å². The van der Waals surface area contributed by atoms with E-state index in [9.17, 15) is 9.59 Å². The number of rotatable bonds is 3. The highest BCUT2D eigenvalue weighted by atomic mass is 32.2. The van der Waals surface area contributed by atoms with Gasteiger partial charge in [0.05, 0.1) is 17.0 Å². The van der Waals surface area contributed by atoms with Crippen molar-refractivity contribution in [1.82, 2.24) is 5.16 Å². The average molecular weight is 292 g/mol. The van der Waals surface area contributed by atoms with E-state index >= 15 is 0 Å². The zero-order chi connectivity index (χ0) is 14.7. The first kappa shape index (κ1) is 14.2. The summed E-state index contributed by atoms with van der Waals surface area (Å²) in [5.41, 5.74) is 0.789. The third-order valence-electron chi connectivity index (χ3n) is 2.38. The summed E-state index contributed by atoms with van der Waals surface area (Å²) >= 11 is 1.07. The Bertz CT molecular complexity index is 645. The molecule has 0 radical (unpaired) electrons. The van der Waals surface area contributed by atoms with Crippen LogP contribution in [0.5, 0.6) is 0 Å². The van der Waals surface area contributed by atoms with Gasteiger partial charge in [0.2, 0.25) is 5.91 Å². The molecule has 2 amide bonds. The van der Waals surface area contributed by atoms with Crippen LogP contribution >= 0.6 is 11.8 Å². The van der Waals surface area contributed by atoms with E-state index in [1.54, 1.807) is 19.9 Å². The van der Waals surface area contributed by atoms with Crippen molar-refractivity contribution in [2.75, 3.05) is 11.1 Å². The van der Waals surface area contributed by atoms with E-state index in [1.807, 2.05) is 0 Å². The van der Waals surface area contributed by atoms with Gasteiger partial charge in [-0.25, -0.2) is 4.99 Å². The highest BCUT2D eigenvalue weighted by molar-refractivity contribution is 8.14. The molecule has 0 saturated heterocycles. The van der Waals surface area contributed by atoms with Crippen LogP contribution < -0.4 is 5.32 Å². The molecule has 2 rings (SSSR count). The normalized spacial score (nSPS) is 14.9. The topological polar surface area (TPSA) is 96.9 Å². The molecule has 2 heterocycles. The third-order valence-corrected chi connectivity index (χ3v) is 3.23. The Kier molecular flexibility index (Phi) is 4.14. The summed E-state index contributed by atoms with van der Waals surface area (Å²) in [7, 11) is 0. The number of aryl methyl sites for hydroxylation is 1. The minimum Gasteiger partial charge on any atom is -0.360 e. The van der Waals surface area contributed by atoms with Gasteiger partial charge in [0.15, 0.2) is 11.0 Å². The number of hydrogen-bond donors (Lipinski definition) is 1. The molecular formula is C12H12N4O3S. The number of nitrogens with zero attached hydrogens (tertiary/aromatic N) is 3. The molecule has 1 aromatic heterocycles. The van der Waals surface area contributed by atoms with Crippen molar-refractivity contribution in [1.29, 1.82) is 0 Å². The number of amidine groups is 1. The van der Waals surface area contributed by atoms with E-state index in [2.05, 4.69) is 27.0 Å². The molecule has 1 N–H and O–H groups in total. The number of thioether (sulfide) groups is 1. The molecule has 1 aliphatic rings. The second-order valence-corrected chi connectivity index (χ2v) is 4.98. The highest BCUT2D eigenvalue weighted by Gasteiger charge is 2.18. The second kappa shape index (κ2) is 5.83. The molecule has 0 fully saturated rings. The summed E-state index contributed by atoms with van der Waals surface area (Å²) < 4.78 is 4.83. The monoisotopic (exact) mass is 292 g/mol. The second-order valence-electron chi connectivity index (χ2n) is 4.03. The molecule has 1 aliphatic heterocycles. The third kappa shape index (κ3) is 3.41. The predicted octanol–water partition coefficient (Wildman–Crippen LogP) is 1.57. The van der Waals surface area contributed by atoms with Gasteiger partial charge in [-0.2, -0.15) is 4.99 Å². The summed E-state index contributed by atoms with van der Waals surface area (Å²) in [6, 6.07) is 1.61. The fraction of sp³-hybridized carbons (Fsp3) is 0.250. The van der Waals surface area contributed by atoms with Crippen molar-refractivity contribution in [2.45, 2.75) is 13.8 Å². The van der Waals surface area contributed by atoms with E-state index in [-0.39, 0.29) is 22.4 Å². The predicted molar refractivity (Wildman–Crippen MR) is 77.0 cm³/mol. The lowest BCUT2D eigenvalue weighted by atomic mass is 10.2. The van der Waals surface area contributed by atoms with Crippen molar-refractivity contribution < 1.29 is 14.1 Å². The van der Waals surface area contributed by atoms with Crippen LogP contribution in [0.25, 0.3) is 0 Å².